The average Bonchev–Trinajstić information content (AvgIpc) is 3.30. The Hall–Kier alpha value is -0.660. The van der Waals surface area contributed by atoms with E-state index >= 15 is 0 Å². The van der Waals surface area contributed by atoms with Crippen LogP contribution in [0.2, 0.25) is 0 Å². The van der Waals surface area contributed by atoms with Crippen molar-refractivity contribution in [3.05, 3.63) is 12.4 Å². The van der Waals surface area contributed by atoms with Crippen LogP contribution in [-0.2, 0) is 0 Å². The van der Waals surface area contributed by atoms with Gasteiger partial charge in [0, 0.05) is 25.5 Å². The Labute approximate surface area is 241 Å². The third-order valence-electron chi connectivity index (χ3n) is 8.80. The predicted molar refractivity (Wildman–Crippen MR) is 173 cm³/mol. The molecule has 0 aromatic rings. The standard InChI is InChI=1S/C36H72N2/c1-4-7-9-11-13-15-16-17-18-19-20-21-22-24-26-28-30-33-38-35-34-37(36(38)31-6-3)32-29-27-25-23-14-12-10-8-5-2/h34-36H,4-33H2,1-3H3. The molecule has 1 heterocycles. The molecule has 0 radical (unpaired) electrons. The van der Waals surface area contributed by atoms with E-state index in [0.29, 0.717) is 6.17 Å². The highest BCUT2D eigenvalue weighted by Crippen LogP contribution is 2.22. The summed E-state index contributed by atoms with van der Waals surface area (Å²) in [6.07, 6.45) is 45.5. The fourth-order valence-corrected chi connectivity index (χ4v) is 6.22. The Morgan fingerprint density at radius 1 is 0.342 bits per heavy atom. The van der Waals surface area contributed by atoms with Crippen molar-refractivity contribution >= 4 is 0 Å². The smallest absolute Gasteiger partial charge is 0.101 e. The summed E-state index contributed by atoms with van der Waals surface area (Å²) in [5.74, 6) is 0. The first-order chi connectivity index (χ1) is 18.8. The number of rotatable bonds is 30. The van der Waals surface area contributed by atoms with Gasteiger partial charge in [0.1, 0.15) is 6.17 Å². The maximum Gasteiger partial charge on any atom is 0.101 e. The molecule has 0 bridgehead atoms. The number of hydrogen-bond donors (Lipinski definition) is 0. The molecule has 0 amide bonds. The molecule has 0 aromatic heterocycles. The summed E-state index contributed by atoms with van der Waals surface area (Å²) in [6.45, 7) is 9.48. The van der Waals surface area contributed by atoms with E-state index in [1.54, 1.807) is 0 Å². The van der Waals surface area contributed by atoms with Crippen LogP contribution in [0, 0.1) is 0 Å². The van der Waals surface area contributed by atoms with Gasteiger partial charge in [0.15, 0.2) is 0 Å². The van der Waals surface area contributed by atoms with E-state index in [0.717, 1.165) is 0 Å². The van der Waals surface area contributed by atoms with Crippen LogP contribution in [0.5, 0.6) is 0 Å². The number of nitrogens with zero attached hydrogens (tertiary/aromatic N) is 2. The minimum absolute atomic E-state index is 0.634. The Morgan fingerprint density at radius 2 is 0.605 bits per heavy atom. The van der Waals surface area contributed by atoms with E-state index in [1.807, 2.05) is 0 Å². The van der Waals surface area contributed by atoms with Crippen LogP contribution >= 0.6 is 0 Å². The first-order valence-corrected chi connectivity index (χ1v) is 18.0. The lowest BCUT2D eigenvalue weighted by Crippen LogP contribution is -2.39. The quantitative estimate of drug-likeness (QED) is 0.0848. The fraction of sp³-hybridized carbons (Fsp3) is 0.944. The maximum absolute atomic E-state index is 2.66. The summed E-state index contributed by atoms with van der Waals surface area (Å²) in [5, 5.41) is 0. The lowest BCUT2D eigenvalue weighted by molar-refractivity contribution is 0.138. The second-order valence-electron chi connectivity index (χ2n) is 12.5. The summed E-state index contributed by atoms with van der Waals surface area (Å²) in [6, 6.07) is 0. The molecule has 1 atom stereocenters. The van der Waals surface area contributed by atoms with Gasteiger partial charge in [-0.1, -0.05) is 181 Å². The number of unbranched alkanes of at least 4 members (excludes halogenated alkanes) is 24. The van der Waals surface area contributed by atoms with Crippen molar-refractivity contribution in [2.45, 2.75) is 207 Å². The molecule has 0 fully saturated rings. The van der Waals surface area contributed by atoms with Crippen molar-refractivity contribution < 1.29 is 0 Å². The summed E-state index contributed by atoms with van der Waals surface area (Å²) in [7, 11) is 0. The van der Waals surface area contributed by atoms with Crippen LogP contribution in [-0.4, -0.2) is 29.1 Å². The SMILES string of the molecule is CCCCCCCCCCCCCCCCCCCN1C=CN(CCCCCCCCCCC)C1CCC. The van der Waals surface area contributed by atoms with Gasteiger partial charge in [-0.05, 0) is 19.3 Å². The van der Waals surface area contributed by atoms with Gasteiger partial charge in [0.25, 0.3) is 0 Å². The topological polar surface area (TPSA) is 6.48 Å². The van der Waals surface area contributed by atoms with Crippen LogP contribution < -0.4 is 0 Å². The monoisotopic (exact) mass is 533 g/mol. The first kappa shape index (κ1) is 35.4. The molecule has 0 aliphatic carbocycles. The lowest BCUT2D eigenvalue weighted by atomic mass is 10.0. The summed E-state index contributed by atoms with van der Waals surface area (Å²) in [5.41, 5.74) is 0. The van der Waals surface area contributed by atoms with E-state index in [2.05, 4.69) is 43.0 Å². The Bertz CT molecular complexity index is 488. The van der Waals surface area contributed by atoms with Crippen LogP contribution in [0.1, 0.15) is 201 Å². The minimum Gasteiger partial charge on any atom is -0.356 e. The molecule has 1 aliphatic rings. The Kier molecular flexibility index (Phi) is 26.0. The van der Waals surface area contributed by atoms with Crippen LogP contribution in [0.4, 0.5) is 0 Å². The molecule has 0 saturated carbocycles. The van der Waals surface area contributed by atoms with Crippen molar-refractivity contribution in [3.8, 4) is 0 Å². The van der Waals surface area contributed by atoms with Gasteiger partial charge in [-0.25, -0.2) is 0 Å². The molecule has 0 N–H and O–H groups in total. The normalized spacial score (nSPS) is 15.3. The third-order valence-corrected chi connectivity index (χ3v) is 8.80. The molecule has 2 heteroatoms. The van der Waals surface area contributed by atoms with Crippen LogP contribution in [0.15, 0.2) is 12.4 Å². The highest BCUT2D eigenvalue weighted by Gasteiger charge is 2.24. The average molecular weight is 533 g/mol. The van der Waals surface area contributed by atoms with E-state index in [9.17, 15) is 0 Å². The minimum atomic E-state index is 0.634. The Balaban J connectivity index is 1.93. The van der Waals surface area contributed by atoms with Gasteiger partial charge >= 0.3 is 0 Å². The van der Waals surface area contributed by atoms with E-state index in [-0.39, 0.29) is 0 Å². The molecule has 1 unspecified atom stereocenters. The largest absolute Gasteiger partial charge is 0.356 e. The van der Waals surface area contributed by atoms with Crippen LogP contribution in [0.3, 0.4) is 0 Å². The van der Waals surface area contributed by atoms with Gasteiger partial charge in [0.05, 0.1) is 0 Å². The molecule has 38 heavy (non-hydrogen) atoms. The Morgan fingerprint density at radius 3 is 0.868 bits per heavy atom. The molecule has 2 nitrogen and oxygen atoms in total. The van der Waals surface area contributed by atoms with Crippen LogP contribution in [0.25, 0.3) is 0 Å². The highest BCUT2D eigenvalue weighted by molar-refractivity contribution is 4.96. The lowest BCUT2D eigenvalue weighted by Gasteiger charge is -2.33. The van der Waals surface area contributed by atoms with Gasteiger partial charge in [-0.2, -0.15) is 0 Å². The van der Waals surface area contributed by atoms with Gasteiger partial charge < -0.3 is 9.80 Å². The molecule has 0 saturated heterocycles. The van der Waals surface area contributed by atoms with Crippen molar-refractivity contribution in [1.29, 1.82) is 0 Å². The molecule has 1 rings (SSSR count). The molecule has 226 valence electrons. The molecule has 0 aromatic carbocycles. The zero-order chi connectivity index (χ0) is 27.4. The van der Waals surface area contributed by atoms with E-state index in [1.165, 1.54) is 193 Å². The maximum atomic E-state index is 2.66. The van der Waals surface area contributed by atoms with Crippen molar-refractivity contribution in [2.75, 3.05) is 13.1 Å². The summed E-state index contributed by atoms with van der Waals surface area (Å²) >= 11 is 0. The van der Waals surface area contributed by atoms with Crippen molar-refractivity contribution in [2.24, 2.45) is 0 Å². The highest BCUT2D eigenvalue weighted by atomic mass is 15.4. The van der Waals surface area contributed by atoms with Crippen molar-refractivity contribution in [1.82, 2.24) is 9.80 Å². The zero-order valence-electron chi connectivity index (χ0n) is 26.8. The third kappa shape index (κ3) is 20.3. The molecule has 1 aliphatic heterocycles. The van der Waals surface area contributed by atoms with Crippen molar-refractivity contribution in [3.63, 3.8) is 0 Å². The second kappa shape index (κ2) is 27.9. The first-order valence-electron chi connectivity index (χ1n) is 18.0. The van der Waals surface area contributed by atoms with Gasteiger partial charge in [-0.3, -0.25) is 0 Å². The zero-order valence-corrected chi connectivity index (χ0v) is 26.8. The molecule has 0 spiro atoms. The molecular formula is C36H72N2. The second-order valence-corrected chi connectivity index (χ2v) is 12.5. The summed E-state index contributed by atoms with van der Waals surface area (Å²) < 4.78 is 0. The van der Waals surface area contributed by atoms with E-state index < -0.39 is 0 Å². The summed E-state index contributed by atoms with van der Waals surface area (Å²) in [4.78, 5) is 5.31. The van der Waals surface area contributed by atoms with E-state index in [4.69, 9.17) is 0 Å². The molecular weight excluding hydrogens is 460 g/mol. The number of hydrogen-bond acceptors (Lipinski definition) is 2. The fourth-order valence-electron chi connectivity index (χ4n) is 6.22. The van der Waals surface area contributed by atoms with Gasteiger partial charge in [0.2, 0.25) is 0 Å². The predicted octanol–water partition coefficient (Wildman–Crippen LogP) is 12.4. The van der Waals surface area contributed by atoms with Gasteiger partial charge in [-0.15, -0.1) is 0 Å².